The Labute approximate surface area is 126 Å². The summed E-state index contributed by atoms with van der Waals surface area (Å²) < 4.78 is 5.81. The quantitative estimate of drug-likeness (QED) is 0.869. The molecule has 0 amide bonds. The lowest BCUT2D eigenvalue weighted by Crippen LogP contribution is -2.38. The third-order valence-electron chi connectivity index (χ3n) is 6.23. The summed E-state index contributed by atoms with van der Waals surface area (Å²) in [4.78, 5) is 16.5. The van der Waals surface area contributed by atoms with Gasteiger partial charge in [-0.1, -0.05) is 26.8 Å². The lowest BCUT2D eigenvalue weighted by Gasteiger charge is -2.38. The molecule has 2 aliphatic rings. The van der Waals surface area contributed by atoms with E-state index in [1.165, 1.54) is 6.42 Å². The Morgan fingerprint density at radius 2 is 2.19 bits per heavy atom. The number of esters is 1. The summed E-state index contributed by atoms with van der Waals surface area (Å²) in [6.07, 6.45) is 5.03. The topological polar surface area (TPSA) is 65.2 Å². The molecule has 4 heteroatoms. The number of hydrogen-bond donors (Lipinski definition) is 1. The van der Waals surface area contributed by atoms with E-state index in [0.29, 0.717) is 18.2 Å². The Kier molecular flexibility index (Phi) is 3.32. The van der Waals surface area contributed by atoms with Crippen molar-refractivity contribution in [3.8, 4) is 0 Å². The number of carbonyl (C=O) groups is 1. The summed E-state index contributed by atoms with van der Waals surface area (Å²) in [6, 6.07) is 3.53. The van der Waals surface area contributed by atoms with Crippen LogP contribution in [0.1, 0.15) is 56.1 Å². The number of nitrogens with zero attached hydrogens (tertiary/aromatic N) is 1. The van der Waals surface area contributed by atoms with E-state index >= 15 is 0 Å². The molecule has 0 spiro atoms. The highest BCUT2D eigenvalue weighted by molar-refractivity contribution is 5.87. The van der Waals surface area contributed by atoms with Crippen LogP contribution < -0.4 is 5.73 Å². The second kappa shape index (κ2) is 4.80. The smallest absolute Gasteiger partial charge is 0.357 e. The minimum Gasteiger partial charge on any atom is -0.457 e. The molecule has 0 saturated heterocycles. The van der Waals surface area contributed by atoms with Gasteiger partial charge in [0.2, 0.25) is 0 Å². The maximum Gasteiger partial charge on any atom is 0.357 e. The largest absolute Gasteiger partial charge is 0.457 e. The Bertz CT molecular complexity index is 552. The molecule has 2 saturated carbocycles. The van der Waals surface area contributed by atoms with E-state index in [2.05, 4.69) is 25.8 Å². The van der Waals surface area contributed by atoms with Crippen molar-refractivity contribution in [1.29, 1.82) is 0 Å². The van der Waals surface area contributed by atoms with Gasteiger partial charge in [-0.2, -0.15) is 0 Å². The molecule has 3 unspecified atom stereocenters. The first-order valence-corrected chi connectivity index (χ1v) is 7.74. The predicted molar refractivity (Wildman–Crippen MR) is 80.6 cm³/mol. The van der Waals surface area contributed by atoms with E-state index in [0.717, 1.165) is 18.4 Å². The Hall–Kier alpha value is -1.42. The number of carbonyl (C=O) groups excluding carboxylic acids is 1. The van der Waals surface area contributed by atoms with Crippen molar-refractivity contribution in [2.75, 3.05) is 0 Å². The van der Waals surface area contributed by atoms with Gasteiger partial charge in [-0.3, -0.25) is 0 Å². The average molecular weight is 288 g/mol. The second-order valence-electron chi connectivity index (χ2n) is 7.26. The van der Waals surface area contributed by atoms with Gasteiger partial charge in [0.1, 0.15) is 11.8 Å². The van der Waals surface area contributed by atoms with Crippen molar-refractivity contribution in [3.63, 3.8) is 0 Å². The van der Waals surface area contributed by atoms with Gasteiger partial charge < -0.3 is 10.5 Å². The number of aromatic nitrogens is 1. The first-order chi connectivity index (χ1) is 9.88. The summed E-state index contributed by atoms with van der Waals surface area (Å²) in [7, 11) is 0. The first kappa shape index (κ1) is 14.5. The maximum absolute atomic E-state index is 12.3. The van der Waals surface area contributed by atoms with Gasteiger partial charge in [-0.05, 0) is 42.2 Å². The molecule has 114 valence electrons. The zero-order valence-electron chi connectivity index (χ0n) is 13.1. The van der Waals surface area contributed by atoms with Crippen LogP contribution in [0.4, 0.5) is 0 Å². The highest BCUT2D eigenvalue weighted by Crippen LogP contribution is 2.66. The molecule has 0 aromatic carbocycles. The molecule has 2 N–H and O–H groups in total. The van der Waals surface area contributed by atoms with Crippen molar-refractivity contribution >= 4 is 5.97 Å². The van der Waals surface area contributed by atoms with Crippen LogP contribution in [0.25, 0.3) is 0 Å². The summed E-state index contributed by atoms with van der Waals surface area (Å²) in [5.74, 6) is 0.348. The minimum atomic E-state index is -0.312. The average Bonchev–Trinajstić information content (AvgIpc) is 2.80. The molecule has 3 rings (SSSR count). The van der Waals surface area contributed by atoms with Crippen molar-refractivity contribution in [1.82, 2.24) is 4.98 Å². The van der Waals surface area contributed by atoms with Gasteiger partial charge in [0, 0.05) is 18.2 Å². The molecule has 1 aromatic rings. The minimum absolute atomic E-state index is 0.00901. The van der Waals surface area contributed by atoms with Crippen molar-refractivity contribution in [2.24, 2.45) is 22.5 Å². The van der Waals surface area contributed by atoms with Crippen LogP contribution >= 0.6 is 0 Å². The van der Waals surface area contributed by atoms with E-state index < -0.39 is 0 Å². The Balaban J connectivity index is 1.74. The summed E-state index contributed by atoms with van der Waals surface area (Å²) in [5, 5.41) is 0. The van der Waals surface area contributed by atoms with Crippen LogP contribution in [0, 0.1) is 16.7 Å². The van der Waals surface area contributed by atoms with E-state index in [9.17, 15) is 4.79 Å². The number of pyridine rings is 1. The molecule has 0 aliphatic heterocycles. The Morgan fingerprint density at radius 3 is 2.67 bits per heavy atom. The summed E-state index contributed by atoms with van der Waals surface area (Å²) in [5.41, 5.74) is 7.16. The molecule has 3 atom stereocenters. The van der Waals surface area contributed by atoms with Crippen LogP contribution in [-0.2, 0) is 11.3 Å². The van der Waals surface area contributed by atoms with Gasteiger partial charge in [-0.25, -0.2) is 9.78 Å². The molecule has 21 heavy (non-hydrogen) atoms. The highest BCUT2D eigenvalue weighted by atomic mass is 16.5. The van der Waals surface area contributed by atoms with E-state index in [1.54, 1.807) is 12.3 Å². The highest BCUT2D eigenvalue weighted by Gasteiger charge is 2.62. The molecule has 2 aliphatic carbocycles. The standard InChI is InChI=1S/C17H24N2O2/c1-16(2)12-6-7-17(16,3)14(8-12)21-15(20)13-5-4-11(9-18)10-19-13/h4-5,10,12,14H,6-9,18H2,1-3H3. The van der Waals surface area contributed by atoms with E-state index in [4.69, 9.17) is 10.5 Å². The normalized spacial score (nSPS) is 33.1. The maximum atomic E-state index is 12.3. The van der Waals surface area contributed by atoms with Crippen molar-refractivity contribution < 1.29 is 9.53 Å². The predicted octanol–water partition coefficient (Wildman–Crippen LogP) is 2.91. The first-order valence-electron chi connectivity index (χ1n) is 7.74. The molecular formula is C17H24N2O2. The number of nitrogens with two attached hydrogens (primary N) is 1. The lowest BCUT2D eigenvalue weighted by atomic mass is 9.70. The zero-order valence-corrected chi connectivity index (χ0v) is 13.1. The third-order valence-corrected chi connectivity index (χ3v) is 6.23. The van der Waals surface area contributed by atoms with Crippen LogP contribution in [0.15, 0.2) is 18.3 Å². The third kappa shape index (κ3) is 2.08. The zero-order chi connectivity index (χ0) is 15.3. The van der Waals surface area contributed by atoms with Gasteiger partial charge in [0.05, 0.1) is 0 Å². The monoisotopic (exact) mass is 288 g/mol. The summed E-state index contributed by atoms with van der Waals surface area (Å²) >= 11 is 0. The molecule has 1 heterocycles. The summed E-state index contributed by atoms with van der Waals surface area (Å²) in [6.45, 7) is 7.32. The molecule has 4 nitrogen and oxygen atoms in total. The fourth-order valence-corrected chi connectivity index (χ4v) is 4.16. The molecule has 2 fully saturated rings. The SMILES string of the molecule is CC1(C)C2CCC1(C)C(OC(=O)c1ccc(CN)cn1)C2. The van der Waals surface area contributed by atoms with Gasteiger partial charge >= 0.3 is 5.97 Å². The van der Waals surface area contributed by atoms with Crippen LogP contribution in [0.3, 0.4) is 0 Å². The number of ether oxygens (including phenoxy) is 1. The van der Waals surface area contributed by atoms with Crippen molar-refractivity contribution in [2.45, 2.75) is 52.7 Å². The lowest BCUT2D eigenvalue weighted by molar-refractivity contribution is -0.0247. The Morgan fingerprint density at radius 1 is 1.43 bits per heavy atom. The fraction of sp³-hybridized carbons (Fsp3) is 0.647. The second-order valence-corrected chi connectivity index (χ2v) is 7.26. The van der Waals surface area contributed by atoms with E-state index in [-0.39, 0.29) is 22.9 Å². The molecule has 0 radical (unpaired) electrons. The molecule has 2 bridgehead atoms. The van der Waals surface area contributed by atoms with Crippen molar-refractivity contribution in [3.05, 3.63) is 29.6 Å². The van der Waals surface area contributed by atoms with Crippen LogP contribution in [0.2, 0.25) is 0 Å². The molecular weight excluding hydrogens is 264 g/mol. The van der Waals surface area contributed by atoms with Gasteiger partial charge in [0.25, 0.3) is 0 Å². The number of hydrogen-bond acceptors (Lipinski definition) is 4. The van der Waals surface area contributed by atoms with Gasteiger partial charge in [0.15, 0.2) is 0 Å². The van der Waals surface area contributed by atoms with Gasteiger partial charge in [-0.15, -0.1) is 0 Å². The number of rotatable bonds is 3. The number of fused-ring (bicyclic) bond motifs is 2. The van der Waals surface area contributed by atoms with Crippen LogP contribution in [0.5, 0.6) is 0 Å². The fourth-order valence-electron chi connectivity index (χ4n) is 4.16. The van der Waals surface area contributed by atoms with Crippen LogP contribution in [-0.4, -0.2) is 17.1 Å². The molecule has 1 aromatic heterocycles. The van der Waals surface area contributed by atoms with E-state index in [1.807, 2.05) is 6.07 Å².